The van der Waals surface area contributed by atoms with Crippen molar-refractivity contribution in [2.45, 2.75) is 63.9 Å². The second-order valence-electron chi connectivity index (χ2n) is 7.35. The molecular formula is C21H34N2O3. The van der Waals surface area contributed by atoms with Crippen molar-refractivity contribution in [3.8, 4) is 5.75 Å². The predicted octanol–water partition coefficient (Wildman–Crippen LogP) is 4.68. The van der Waals surface area contributed by atoms with Crippen molar-refractivity contribution < 1.29 is 17.1 Å². The Kier molecular flexibility index (Phi) is 6.20. The van der Waals surface area contributed by atoms with Crippen LogP contribution >= 0.6 is 0 Å². The molecule has 4 rings (SSSR count). The number of primary amides is 1. The van der Waals surface area contributed by atoms with Crippen molar-refractivity contribution in [2.75, 3.05) is 13.7 Å². The van der Waals surface area contributed by atoms with Crippen molar-refractivity contribution in [3.05, 3.63) is 29.5 Å². The summed E-state index contributed by atoms with van der Waals surface area (Å²) in [5.41, 5.74) is 8.97. The van der Waals surface area contributed by atoms with E-state index in [4.69, 9.17) is 15.2 Å². The molecule has 0 bridgehead atoms. The van der Waals surface area contributed by atoms with Gasteiger partial charge >= 0.3 is 0 Å². The van der Waals surface area contributed by atoms with Gasteiger partial charge in [-0.3, -0.25) is 4.79 Å². The average molecular weight is 363 g/mol. The molecule has 1 aliphatic heterocycles. The van der Waals surface area contributed by atoms with Gasteiger partial charge in [0.2, 0.25) is 5.91 Å². The molecule has 1 aliphatic carbocycles. The Morgan fingerprint density at radius 1 is 1.23 bits per heavy atom. The SMILES string of the molecule is COc1cc(C)c2[nH]cc(C3CCCCC3)c2c1.NC(=O)[C@@H]1CCCO1.[HH].[HH]. The minimum Gasteiger partial charge on any atom is -0.497 e. The second-order valence-corrected chi connectivity index (χ2v) is 7.35. The molecule has 1 aromatic carbocycles. The number of fused-ring (bicyclic) bond motifs is 1. The highest BCUT2D eigenvalue weighted by molar-refractivity contribution is 5.88. The van der Waals surface area contributed by atoms with Gasteiger partial charge in [-0.2, -0.15) is 0 Å². The number of nitrogens with two attached hydrogens (primary N) is 1. The first kappa shape index (κ1) is 18.8. The maximum absolute atomic E-state index is 10.3. The number of methoxy groups -OCH3 is 1. The van der Waals surface area contributed by atoms with Crippen LogP contribution in [0.1, 0.15) is 64.8 Å². The minimum atomic E-state index is -0.331. The molecule has 3 N–H and O–H groups in total. The van der Waals surface area contributed by atoms with E-state index in [1.54, 1.807) is 7.11 Å². The van der Waals surface area contributed by atoms with E-state index in [1.165, 1.54) is 54.1 Å². The van der Waals surface area contributed by atoms with E-state index in [0.29, 0.717) is 6.61 Å². The number of nitrogens with one attached hydrogen (secondary N) is 1. The molecule has 26 heavy (non-hydrogen) atoms. The first-order chi connectivity index (χ1) is 12.6. The van der Waals surface area contributed by atoms with Gasteiger partial charge in [0.05, 0.1) is 7.11 Å². The number of amides is 1. The summed E-state index contributed by atoms with van der Waals surface area (Å²) < 4.78 is 10.3. The summed E-state index contributed by atoms with van der Waals surface area (Å²) >= 11 is 0. The molecule has 5 nitrogen and oxygen atoms in total. The molecular weight excluding hydrogens is 328 g/mol. The quantitative estimate of drug-likeness (QED) is 0.832. The number of hydrogen-bond donors (Lipinski definition) is 2. The lowest BCUT2D eigenvalue weighted by Crippen LogP contribution is -2.27. The van der Waals surface area contributed by atoms with Crippen molar-refractivity contribution in [1.82, 2.24) is 4.98 Å². The van der Waals surface area contributed by atoms with Crippen molar-refractivity contribution in [1.29, 1.82) is 0 Å². The zero-order valence-corrected chi connectivity index (χ0v) is 15.8. The van der Waals surface area contributed by atoms with Gasteiger partial charge < -0.3 is 20.2 Å². The molecule has 5 heteroatoms. The van der Waals surface area contributed by atoms with E-state index in [2.05, 4.69) is 30.2 Å². The van der Waals surface area contributed by atoms with E-state index in [9.17, 15) is 4.79 Å². The Labute approximate surface area is 158 Å². The summed E-state index contributed by atoms with van der Waals surface area (Å²) in [4.78, 5) is 13.7. The van der Waals surface area contributed by atoms with Gasteiger partial charge in [-0.05, 0) is 61.8 Å². The normalized spacial score (nSPS) is 20.6. The molecule has 1 saturated heterocycles. The number of rotatable bonds is 3. The molecule has 1 atom stereocenters. The summed E-state index contributed by atoms with van der Waals surface area (Å²) in [5.74, 6) is 1.37. The van der Waals surface area contributed by atoms with Crippen LogP contribution in [-0.4, -0.2) is 30.7 Å². The lowest BCUT2D eigenvalue weighted by atomic mass is 9.84. The predicted molar refractivity (Wildman–Crippen MR) is 108 cm³/mol. The highest BCUT2D eigenvalue weighted by Crippen LogP contribution is 2.38. The van der Waals surface area contributed by atoms with Crippen LogP contribution in [0.2, 0.25) is 0 Å². The molecule has 0 spiro atoms. The maximum atomic E-state index is 10.3. The number of aromatic amines is 1. The monoisotopic (exact) mass is 362 g/mol. The molecule has 0 unspecified atom stereocenters. The Morgan fingerprint density at radius 2 is 2.00 bits per heavy atom. The third kappa shape index (κ3) is 4.21. The van der Waals surface area contributed by atoms with Crippen LogP contribution in [0, 0.1) is 6.92 Å². The lowest BCUT2D eigenvalue weighted by Gasteiger charge is -2.21. The van der Waals surface area contributed by atoms with Gasteiger partial charge in [0.15, 0.2) is 0 Å². The summed E-state index contributed by atoms with van der Waals surface area (Å²) in [6, 6.07) is 4.28. The Balaban J connectivity index is 0.000000336. The van der Waals surface area contributed by atoms with Gasteiger partial charge in [-0.15, -0.1) is 0 Å². The van der Waals surface area contributed by atoms with Gasteiger partial charge in [-0.1, -0.05) is 19.3 Å². The van der Waals surface area contributed by atoms with Crippen molar-refractivity contribution in [2.24, 2.45) is 5.73 Å². The van der Waals surface area contributed by atoms with E-state index in [1.807, 2.05) is 0 Å². The number of ether oxygens (including phenoxy) is 2. The Hall–Kier alpha value is -2.01. The largest absolute Gasteiger partial charge is 0.497 e. The van der Waals surface area contributed by atoms with Gasteiger partial charge in [0, 0.05) is 26.6 Å². The fourth-order valence-electron chi connectivity index (χ4n) is 4.07. The van der Waals surface area contributed by atoms with Crippen LogP contribution in [0.3, 0.4) is 0 Å². The standard InChI is InChI=1S/C16H21NO.C5H9NO2.2H2/c1-11-8-13(18-2)9-14-15(10-17-16(11)14)12-6-4-3-5-7-12;6-5(7)4-2-1-3-8-4;;/h8-10,12,17H,3-7H2,1-2H3;4H,1-3H2,(H2,6,7);2*1H/t;4-;;/m.0../s1. The zero-order valence-electron chi connectivity index (χ0n) is 15.8. The molecule has 2 fully saturated rings. The van der Waals surface area contributed by atoms with Crippen molar-refractivity contribution in [3.63, 3.8) is 0 Å². The highest BCUT2D eigenvalue weighted by Gasteiger charge is 2.20. The first-order valence-electron chi connectivity index (χ1n) is 9.66. The fraction of sp³-hybridized carbons (Fsp3) is 0.571. The third-order valence-corrected chi connectivity index (χ3v) is 5.52. The summed E-state index contributed by atoms with van der Waals surface area (Å²) in [6.45, 7) is 2.83. The van der Waals surface area contributed by atoms with E-state index < -0.39 is 0 Å². The maximum Gasteiger partial charge on any atom is 0.246 e. The molecule has 2 aliphatic rings. The second kappa shape index (κ2) is 8.58. The molecule has 0 radical (unpaired) electrons. The third-order valence-electron chi connectivity index (χ3n) is 5.52. The number of benzene rings is 1. The molecule has 1 amide bonds. The molecule has 2 heterocycles. The van der Waals surface area contributed by atoms with Crippen LogP contribution in [0.5, 0.6) is 5.75 Å². The smallest absolute Gasteiger partial charge is 0.246 e. The topological polar surface area (TPSA) is 77.3 Å². The number of aromatic nitrogens is 1. The molecule has 1 saturated carbocycles. The van der Waals surface area contributed by atoms with Crippen molar-refractivity contribution >= 4 is 16.8 Å². The van der Waals surface area contributed by atoms with Crippen LogP contribution in [0.4, 0.5) is 0 Å². The molecule has 1 aromatic heterocycles. The first-order valence-corrected chi connectivity index (χ1v) is 9.66. The summed E-state index contributed by atoms with van der Waals surface area (Å²) in [7, 11) is 1.74. The van der Waals surface area contributed by atoms with Crippen LogP contribution < -0.4 is 10.5 Å². The highest BCUT2D eigenvalue weighted by atomic mass is 16.5. The van der Waals surface area contributed by atoms with Crippen LogP contribution in [0.15, 0.2) is 18.3 Å². The molecule has 146 valence electrons. The number of H-pyrrole nitrogens is 1. The van der Waals surface area contributed by atoms with Gasteiger partial charge in [-0.25, -0.2) is 0 Å². The summed E-state index contributed by atoms with van der Waals surface area (Å²) in [5, 5.41) is 1.36. The number of carbonyl (C=O) groups is 1. The Morgan fingerprint density at radius 3 is 2.58 bits per heavy atom. The molecule has 2 aromatic rings. The van der Waals surface area contributed by atoms with Gasteiger partial charge in [0.1, 0.15) is 11.9 Å². The van der Waals surface area contributed by atoms with E-state index >= 15 is 0 Å². The average Bonchev–Trinajstić information content (AvgIpc) is 3.33. The van der Waals surface area contributed by atoms with Crippen LogP contribution in [0.25, 0.3) is 10.9 Å². The number of carbonyl (C=O) groups excluding carboxylic acids is 1. The van der Waals surface area contributed by atoms with E-state index in [0.717, 1.165) is 24.5 Å². The Bertz CT molecular complexity index is 751. The summed E-state index contributed by atoms with van der Waals surface area (Å²) in [6.07, 6.45) is 10.5. The van der Waals surface area contributed by atoms with Gasteiger partial charge in [0.25, 0.3) is 0 Å². The van der Waals surface area contributed by atoms with E-state index in [-0.39, 0.29) is 14.9 Å². The van der Waals surface area contributed by atoms with Crippen LogP contribution in [-0.2, 0) is 9.53 Å². The zero-order chi connectivity index (χ0) is 18.5. The fourth-order valence-corrected chi connectivity index (χ4v) is 4.07. The number of hydrogen-bond acceptors (Lipinski definition) is 3. The lowest BCUT2D eigenvalue weighted by molar-refractivity contribution is -0.126. The number of aryl methyl sites for hydroxylation is 1. The minimum absolute atomic E-state index is 0.